The molecule has 3 aliphatic heterocycles. The van der Waals surface area contributed by atoms with E-state index in [-0.39, 0.29) is 23.6 Å². The topological polar surface area (TPSA) is 111 Å². The van der Waals surface area contributed by atoms with Crippen molar-refractivity contribution in [1.29, 1.82) is 0 Å². The number of aliphatic hydroxyl groups is 1. The fourth-order valence-corrected chi connectivity index (χ4v) is 6.91. The number of allylic oxidation sites excluding steroid dienone is 1. The van der Waals surface area contributed by atoms with Gasteiger partial charge in [0, 0.05) is 27.7 Å². The number of hydrogen-bond acceptors (Lipinski definition) is 7. The SMILES string of the molecule is CC1=C(c2cc3nc(C)n(Cc4ccc(Cl)cc4)c(=O)c3cc2N)SC=C(C(O)C(F)(F)F)CC1.O=C1OCC2CCCCN12. The van der Waals surface area contributed by atoms with E-state index in [1.807, 2.05) is 24.0 Å². The molecule has 0 spiro atoms. The highest BCUT2D eigenvalue weighted by molar-refractivity contribution is 8.11. The molecule has 13 heteroatoms. The summed E-state index contributed by atoms with van der Waals surface area (Å²) < 4.78 is 45.5. The lowest BCUT2D eigenvalue weighted by Crippen LogP contribution is -2.37. The summed E-state index contributed by atoms with van der Waals surface area (Å²) in [6.45, 7) is 5.42. The van der Waals surface area contributed by atoms with Gasteiger partial charge >= 0.3 is 12.3 Å². The van der Waals surface area contributed by atoms with Crippen LogP contribution >= 0.6 is 23.4 Å². The van der Waals surface area contributed by atoms with Gasteiger partial charge in [0.1, 0.15) is 12.4 Å². The number of aromatic nitrogens is 2. The molecule has 2 atom stereocenters. The molecule has 8 nitrogen and oxygen atoms in total. The normalized spacial score (nSPS) is 19.4. The first kappa shape index (κ1) is 32.9. The van der Waals surface area contributed by atoms with Crippen molar-refractivity contribution in [1.82, 2.24) is 14.5 Å². The molecule has 6 rings (SSSR count). The number of halogens is 4. The number of nitrogen functional groups attached to an aromatic ring is 1. The van der Waals surface area contributed by atoms with Crippen LogP contribution in [0.5, 0.6) is 0 Å². The van der Waals surface area contributed by atoms with Crippen LogP contribution < -0.4 is 11.3 Å². The number of benzene rings is 2. The predicted octanol–water partition coefficient (Wildman–Crippen LogP) is 7.05. The van der Waals surface area contributed by atoms with Gasteiger partial charge < -0.3 is 20.5 Å². The number of carbonyl (C=O) groups is 1. The van der Waals surface area contributed by atoms with E-state index in [0.29, 0.717) is 63.5 Å². The fourth-order valence-electron chi connectivity index (χ4n) is 5.66. The van der Waals surface area contributed by atoms with Crippen LogP contribution in [-0.2, 0) is 11.3 Å². The fraction of sp³-hybridized carbons (Fsp3) is 0.406. The van der Waals surface area contributed by atoms with E-state index >= 15 is 0 Å². The second kappa shape index (κ2) is 13.5. The van der Waals surface area contributed by atoms with Crippen LogP contribution in [0.25, 0.3) is 15.8 Å². The lowest BCUT2D eigenvalue weighted by Gasteiger charge is -2.25. The number of carbonyl (C=O) groups excluding carboxylic acids is 1. The summed E-state index contributed by atoms with van der Waals surface area (Å²) >= 11 is 7.04. The van der Waals surface area contributed by atoms with Gasteiger partial charge in [-0.1, -0.05) is 41.1 Å². The van der Waals surface area contributed by atoms with Crippen molar-refractivity contribution in [2.45, 2.75) is 70.8 Å². The number of thioether (sulfide) groups is 1. The minimum absolute atomic E-state index is 0.0866. The van der Waals surface area contributed by atoms with Crippen LogP contribution in [0.15, 0.2) is 57.7 Å². The van der Waals surface area contributed by atoms with Gasteiger partial charge in [-0.15, -0.1) is 0 Å². The number of nitrogens with two attached hydrogens (primary N) is 1. The van der Waals surface area contributed by atoms with Crippen molar-refractivity contribution in [3.05, 3.63) is 85.3 Å². The van der Waals surface area contributed by atoms with Crippen molar-refractivity contribution in [3.8, 4) is 0 Å². The number of fused-ring (bicyclic) bond motifs is 2. The van der Waals surface area contributed by atoms with Gasteiger partial charge in [-0.3, -0.25) is 9.36 Å². The number of alkyl halides is 3. The average molecular weight is 663 g/mol. The third kappa shape index (κ3) is 7.34. The molecular weight excluding hydrogens is 629 g/mol. The maximum atomic E-state index is 13.3. The van der Waals surface area contributed by atoms with Gasteiger partial charge in [0.05, 0.1) is 23.5 Å². The number of amides is 1. The number of rotatable bonds is 4. The van der Waals surface area contributed by atoms with Gasteiger partial charge in [0.15, 0.2) is 6.10 Å². The molecule has 3 N–H and O–H groups in total. The van der Waals surface area contributed by atoms with Gasteiger partial charge in [0.25, 0.3) is 5.56 Å². The molecule has 2 fully saturated rings. The first-order valence-corrected chi connectivity index (χ1v) is 15.9. The maximum Gasteiger partial charge on any atom is 0.418 e. The Labute approximate surface area is 267 Å². The maximum absolute atomic E-state index is 13.3. The van der Waals surface area contributed by atoms with Crippen LogP contribution in [0.3, 0.4) is 0 Å². The molecule has 4 heterocycles. The van der Waals surface area contributed by atoms with Gasteiger partial charge in [-0.25, -0.2) is 9.78 Å². The monoisotopic (exact) mass is 662 g/mol. The first-order valence-electron chi connectivity index (χ1n) is 14.6. The number of hydrogen-bond donors (Lipinski definition) is 2. The Morgan fingerprint density at radius 1 is 1.16 bits per heavy atom. The molecule has 3 aromatic rings. The summed E-state index contributed by atoms with van der Waals surface area (Å²) in [4.78, 5) is 31.3. The van der Waals surface area contributed by atoms with Crippen molar-refractivity contribution < 1.29 is 27.8 Å². The Kier molecular flexibility index (Phi) is 9.85. The molecule has 240 valence electrons. The standard InChI is InChI=1S/C25H23ClF3N3O2S.C7H11NO2/c1-13-3-6-16(23(33)25(27,28)29)12-35-22(13)18-10-21-19(9-20(18)30)24(34)32(14(2)31-21)11-15-4-7-17(26)8-5-15;9-7-8-4-2-1-3-6(8)5-10-7/h4-5,7-10,12,23,33H,3,6,11,30H2,1-2H3;6H,1-5H2. The second-order valence-corrected chi connectivity index (χ2v) is 12.7. The third-order valence-electron chi connectivity index (χ3n) is 8.24. The molecule has 2 aromatic carbocycles. The van der Waals surface area contributed by atoms with Gasteiger partial charge in [-0.05, 0) is 86.8 Å². The molecule has 45 heavy (non-hydrogen) atoms. The van der Waals surface area contributed by atoms with E-state index in [1.165, 1.54) is 11.8 Å². The summed E-state index contributed by atoms with van der Waals surface area (Å²) in [5.74, 6) is 0.517. The largest absolute Gasteiger partial charge is 0.447 e. The number of aliphatic hydroxyl groups excluding tert-OH is 1. The smallest absolute Gasteiger partial charge is 0.418 e. The predicted molar refractivity (Wildman–Crippen MR) is 171 cm³/mol. The number of piperidine rings is 1. The summed E-state index contributed by atoms with van der Waals surface area (Å²) in [7, 11) is 0. The molecule has 0 aliphatic carbocycles. The van der Waals surface area contributed by atoms with Crippen LogP contribution in [0.2, 0.25) is 5.02 Å². The quantitative estimate of drug-likeness (QED) is 0.288. The van der Waals surface area contributed by atoms with Crippen molar-refractivity contribution in [2.24, 2.45) is 0 Å². The number of nitrogens with zero attached hydrogens (tertiary/aromatic N) is 3. The Balaban J connectivity index is 0.000000336. The van der Waals surface area contributed by atoms with E-state index in [0.717, 1.165) is 42.3 Å². The number of cyclic esters (lactones) is 1. The summed E-state index contributed by atoms with van der Waals surface area (Å²) in [6, 6.07) is 10.9. The summed E-state index contributed by atoms with van der Waals surface area (Å²) in [5, 5.41) is 12.0. The third-order valence-corrected chi connectivity index (χ3v) is 9.72. The average Bonchev–Trinajstić information content (AvgIpc) is 3.27. The van der Waals surface area contributed by atoms with Crippen LogP contribution in [0, 0.1) is 6.92 Å². The highest BCUT2D eigenvalue weighted by Gasteiger charge is 2.41. The zero-order valence-electron chi connectivity index (χ0n) is 24.9. The lowest BCUT2D eigenvalue weighted by atomic mass is 10.00. The van der Waals surface area contributed by atoms with Crippen molar-refractivity contribution >= 4 is 51.0 Å². The Bertz CT molecular complexity index is 1720. The molecule has 1 aromatic heterocycles. The van der Waals surface area contributed by atoms with Crippen LogP contribution in [-0.4, -0.2) is 57.1 Å². The Morgan fingerprint density at radius 3 is 2.58 bits per heavy atom. The zero-order chi connectivity index (χ0) is 32.5. The Morgan fingerprint density at radius 2 is 1.89 bits per heavy atom. The van der Waals surface area contributed by atoms with Crippen molar-refractivity contribution in [3.63, 3.8) is 0 Å². The lowest BCUT2D eigenvalue weighted by molar-refractivity contribution is -0.191. The highest BCUT2D eigenvalue weighted by atomic mass is 35.5. The van der Waals surface area contributed by atoms with Gasteiger partial charge in [0.2, 0.25) is 0 Å². The number of ether oxygens (including phenoxy) is 1. The molecule has 3 aliphatic rings. The molecule has 2 unspecified atom stereocenters. The van der Waals surface area contributed by atoms with E-state index < -0.39 is 12.3 Å². The van der Waals surface area contributed by atoms with Crippen molar-refractivity contribution in [2.75, 3.05) is 18.9 Å². The van der Waals surface area contributed by atoms with E-state index in [1.54, 1.807) is 35.8 Å². The molecule has 2 saturated heterocycles. The molecular formula is C32H34ClF3N4O4S. The number of anilines is 1. The minimum atomic E-state index is -4.72. The minimum Gasteiger partial charge on any atom is -0.447 e. The van der Waals surface area contributed by atoms with Crippen LogP contribution in [0.1, 0.15) is 56.0 Å². The summed E-state index contributed by atoms with van der Waals surface area (Å²) in [6.07, 6.45) is -3.38. The highest BCUT2D eigenvalue weighted by Crippen LogP contribution is 2.42. The van der Waals surface area contributed by atoms with E-state index in [4.69, 9.17) is 22.1 Å². The van der Waals surface area contributed by atoms with E-state index in [9.17, 15) is 27.9 Å². The Hall–Kier alpha value is -3.48. The number of aryl methyl sites for hydroxylation is 1. The molecule has 0 saturated carbocycles. The van der Waals surface area contributed by atoms with E-state index in [2.05, 4.69) is 4.98 Å². The zero-order valence-corrected chi connectivity index (χ0v) is 26.4. The van der Waals surface area contributed by atoms with Gasteiger partial charge in [-0.2, -0.15) is 13.2 Å². The molecule has 0 bridgehead atoms. The molecule has 0 radical (unpaired) electrons. The van der Waals surface area contributed by atoms with Crippen LogP contribution in [0.4, 0.5) is 23.7 Å². The second-order valence-electron chi connectivity index (χ2n) is 11.4. The first-order chi connectivity index (χ1) is 21.3. The molecule has 1 amide bonds. The summed E-state index contributed by atoms with van der Waals surface area (Å²) in [5.41, 5.74) is 9.12.